The first-order valence-corrected chi connectivity index (χ1v) is 8.04. The number of para-hydroxylation sites is 2. The van der Waals surface area contributed by atoms with Crippen LogP contribution in [0.15, 0.2) is 46.1 Å². The van der Waals surface area contributed by atoms with Gasteiger partial charge in [-0.3, -0.25) is 4.99 Å². The van der Waals surface area contributed by atoms with Crippen molar-refractivity contribution < 1.29 is 9.26 Å². The Morgan fingerprint density at radius 3 is 2.96 bits per heavy atom. The predicted molar refractivity (Wildman–Crippen MR) is 109 cm³/mol. The van der Waals surface area contributed by atoms with Crippen LogP contribution in [-0.2, 0) is 6.54 Å². The van der Waals surface area contributed by atoms with Crippen LogP contribution in [-0.4, -0.2) is 44.4 Å². The van der Waals surface area contributed by atoms with E-state index < -0.39 is 0 Å². The van der Waals surface area contributed by atoms with E-state index in [1.54, 1.807) is 20.4 Å². The van der Waals surface area contributed by atoms with Crippen molar-refractivity contribution in [3.8, 4) is 5.75 Å². The van der Waals surface area contributed by atoms with Crippen molar-refractivity contribution in [2.75, 3.05) is 32.1 Å². The van der Waals surface area contributed by atoms with Crippen LogP contribution in [0.4, 0.5) is 5.69 Å². The highest BCUT2D eigenvalue weighted by molar-refractivity contribution is 14.0. The predicted octanol–water partition coefficient (Wildman–Crippen LogP) is 2.25. The summed E-state index contributed by atoms with van der Waals surface area (Å²) in [7, 11) is 3.48. The number of hydrogen-bond donors (Lipinski definition) is 2. The fraction of sp³-hybridized carbons (Fsp3) is 0.412. The summed E-state index contributed by atoms with van der Waals surface area (Å²) in [5, 5.41) is 10.6. The summed E-state index contributed by atoms with van der Waals surface area (Å²) in [4.78, 5) is 6.61. The first-order valence-electron chi connectivity index (χ1n) is 8.04. The van der Waals surface area contributed by atoms with E-state index in [0.29, 0.717) is 12.6 Å². The molecule has 1 aliphatic heterocycles. The maximum Gasteiger partial charge on any atom is 0.191 e. The van der Waals surface area contributed by atoms with E-state index in [4.69, 9.17) is 9.26 Å². The van der Waals surface area contributed by atoms with Gasteiger partial charge in [0, 0.05) is 32.2 Å². The second kappa shape index (κ2) is 9.50. The molecule has 136 valence electrons. The van der Waals surface area contributed by atoms with Gasteiger partial charge < -0.3 is 24.8 Å². The zero-order valence-electron chi connectivity index (χ0n) is 14.4. The van der Waals surface area contributed by atoms with Crippen LogP contribution in [0.25, 0.3) is 0 Å². The molecule has 0 radical (unpaired) electrons. The molecule has 1 fully saturated rings. The lowest BCUT2D eigenvalue weighted by Crippen LogP contribution is -2.44. The van der Waals surface area contributed by atoms with Crippen molar-refractivity contribution in [2.45, 2.75) is 19.0 Å². The zero-order chi connectivity index (χ0) is 16.8. The third kappa shape index (κ3) is 5.00. The molecular weight excluding hydrogens is 433 g/mol. The second-order valence-corrected chi connectivity index (χ2v) is 5.66. The minimum absolute atomic E-state index is 0. The maximum absolute atomic E-state index is 5.46. The van der Waals surface area contributed by atoms with Crippen molar-refractivity contribution in [3.05, 3.63) is 42.3 Å². The fourth-order valence-electron chi connectivity index (χ4n) is 2.88. The highest BCUT2D eigenvalue weighted by Gasteiger charge is 2.25. The third-order valence-corrected chi connectivity index (χ3v) is 4.11. The summed E-state index contributed by atoms with van der Waals surface area (Å²) in [6.07, 6.45) is 2.61. The van der Waals surface area contributed by atoms with Crippen LogP contribution in [0, 0.1) is 0 Å². The molecule has 0 aliphatic carbocycles. The lowest BCUT2D eigenvalue weighted by molar-refractivity contribution is 0.410. The van der Waals surface area contributed by atoms with E-state index in [1.165, 1.54) is 0 Å². The van der Waals surface area contributed by atoms with Gasteiger partial charge in [0.2, 0.25) is 0 Å². The number of aliphatic imine (C=N–C) groups is 1. The number of hydrogen-bond acceptors (Lipinski definition) is 5. The number of ether oxygens (including phenoxy) is 1. The minimum atomic E-state index is 0. The Kier molecular flexibility index (Phi) is 7.35. The van der Waals surface area contributed by atoms with E-state index in [-0.39, 0.29) is 24.0 Å². The highest BCUT2D eigenvalue weighted by Crippen LogP contribution is 2.30. The van der Waals surface area contributed by atoms with Gasteiger partial charge in [0.15, 0.2) is 5.96 Å². The van der Waals surface area contributed by atoms with Crippen LogP contribution in [0.1, 0.15) is 12.1 Å². The molecule has 2 aromatic rings. The molecule has 0 bridgehead atoms. The largest absolute Gasteiger partial charge is 0.495 e. The molecule has 25 heavy (non-hydrogen) atoms. The van der Waals surface area contributed by atoms with Gasteiger partial charge in [-0.05, 0) is 18.6 Å². The van der Waals surface area contributed by atoms with Crippen molar-refractivity contribution in [2.24, 2.45) is 4.99 Å². The van der Waals surface area contributed by atoms with Gasteiger partial charge in [0.05, 0.1) is 19.3 Å². The van der Waals surface area contributed by atoms with Crippen molar-refractivity contribution in [1.29, 1.82) is 0 Å². The van der Waals surface area contributed by atoms with Crippen LogP contribution in [0.5, 0.6) is 5.75 Å². The van der Waals surface area contributed by atoms with E-state index >= 15 is 0 Å². The molecule has 2 heterocycles. The quantitative estimate of drug-likeness (QED) is 0.408. The number of rotatable bonds is 5. The lowest BCUT2D eigenvalue weighted by Gasteiger charge is -2.22. The second-order valence-electron chi connectivity index (χ2n) is 5.66. The number of halogens is 1. The average molecular weight is 457 g/mol. The molecule has 7 nitrogen and oxygen atoms in total. The standard InChI is InChI=1S/C17H23N5O2.HI/c1-18-17(19-11-13-8-10-24-21-13)20-14-7-9-22(12-14)15-5-3-4-6-16(15)23-2;/h3-6,8,10,14H,7,9,11-12H2,1-2H3,(H2,18,19,20);1H. The van der Waals surface area contributed by atoms with E-state index in [2.05, 4.69) is 31.7 Å². The number of guanidine groups is 1. The summed E-state index contributed by atoms with van der Waals surface area (Å²) in [6, 6.07) is 10.3. The highest BCUT2D eigenvalue weighted by atomic mass is 127. The summed E-state index contributed by atoms with van der Waals surface area (Å²) < 4.78 is 10.3. The molecule has 1 aromatic heterocycles. The summed E-state index contributed by atoms with van der Waals surface area (Å²) in [5.41, 5.74) is 1.98. The number of methoxy groups -OCH3 is 1. The molecule has 0 spiro atoms. The van der Waals surface area contributed by atoms with Gasteiger partial charge in [-0.15, -0.1) is 24.0 Å². The van der Waals surface area contributed by atoms with E-state index in [0.717, 1.165) is 42.6 Å². The first-order chi connectivity index (χ1) is 11.8. The van der Waals surface area contributed by atoms with Gasteiger partial charge in [-0.25, -0.2) is 0 Å². The monoisotopic (exact) mass is 457 g/mol. The molecule has 8 heteroatoms. The molecule has 1 atom stereocenters. The average Bonchev–Trinajstić information content (AvgIpc) is 3.30. The maximum atomic E-state index is 5.46. The van der Waals surface area contributed by atoms with E-state index in [1.807, 2.05) is 24.3 Å². The number of anilines is 1. The van der Waals surface area contributed by atoms with Gasteiger partial charge in [0.1, 0.15) is 17.7 Å². The molecule has 1 unspecified atom stereocenters. The Morgan fingerprint density at radius 1 is 1.40 bits per heavy atom. The Balaban J connectivity index is 0.00000225. The molecule has 1 aromatic carbocycles. The van der Waals surface area contributed by atoms with E-state index in [9.17, 15) is 0 Å². The van der Waals surface area contributed by atoms with Gasteiger partial charge in [-0.2, -0.15) is 0 Å². The summed E-state index contributed by atoms with van der Waals surface area (Å²) in [5.74, 6) is 1.68. The van der Waals surface area contributed by atoms with Gasteiger partial charge in [-0.1, -0.05) is 17.3 Å². The summed E-state index contributed by atoms with van der Waals surface area (Å²) in [6.45, 7) is 2.47. The number of benzene rings is 1. The van der Waals surface area contributed by atoms with Crippen molar-refractivity contribution >= 4 is 35.6 Å². The lowest BCUT2D eigenvalue weighted by atomic mass is 10.2. The fourth-order valence-corrected chi connectivity index (χ4v) is 2.88. The number of nitrogens with zero attached hydrogens (tertiary/aromatic N) is 3. The minimum Gasteiger partial charge on any atom is -0.495 e. The molecular formula is C17H24IN5O2. The molecule has 3 rings (SSSR count). The van der Waals surface area contributed by atoms with Crippen molar-refractivity contribution in [1.82, 2.24) is 15.8 Å². The van der Waals surface area contributed by atoms with Crippen molar-refractivity contribution in [3.63, 3.8) is 0 Å². The summed E-state index contributed by atoms with van der Waals surface area (Å²) >= 11 is 0. The molecule has 0 saturated carbocycles. The van der Waals surface area contributed by atoms with Gasteiger partial charge in [0.25, 0.3) is 0 Å². The molecule has 0 amide bonds. The number of aromatic nitrogens is 1. The zero-order valence-corrected chi connectivity index (χ0v) is 16.8. The SMILES string of the molecule is CN=C(NCc1ccon1)NC1CCN(c2ccccc2OC)C1.I. The Morgan fingerprint density at radius 2 is 2.24 bits per heavy atom. The first kappa shape index (κ1) is 19.4. The van der Waals surface area contributed by atoms with Crippen LogP contribution >= 0.6 is 24.0 Å². The van der Waals surface area contributed by atoms with Crippen LogP contribution < -0.4 is 20.3 Å². The normalized spacial score (nSPS) is 17.1. The topological polar surface area (TPSA) is 74.9 Å². The Hall–Kier alpha value is -1.97. The van der Waals surface area contributed by atoms with Crippen LogP contribution in [0.2, 0.25) is 0 Å². The Labute approximate surface area is 164 Å². The molecule has 1 aliphatic rings. The smallest absolute Gasteiger partial charge is 0.191 e. The Bertz CT molecular complexity index is 677. The third-order valence-electron chi connectivity index (χ3n) is 4.11. The molecule has 1 saturated heterocycles. The number of nitrogens with one attached hydrogen (secondary N) is 2. The van der Waals surface area contributed by atoms with Gasteiger partial charge >= 0.3 is 0 Å². The molecule has 2 N–H and O–H groups in total. The van der Waals surface area contributed by atoms with Crippen LogP contribution in [0.3, 0.4) is 0 Å².